The van der Waals surface area contributed by atoms with Gasteiger partial charge >= 0.3 is 0 Å². The molecule has 2 atom stereocenters. The molecule has 8 fully saturated rings. The lowest BCUT2D eigenvalue weighted by atomic mass is 9.52. The van der Waals surface area contributed by atoms with E-state index in [0.29, 0.717) is 35.0 Å². The van der Waals surface area contributed by atoms with Gasteiger partial charge in [0.2, 0.25) is 0 Å². The smallest absolute Gasteiger partial charge is 0.167 e. The van der Waals surface area contributed by atoms with Gasteiger partial charge in [0.1, 0.15) is 0 Å². The first-order chi connectivity index (χ1) is 17.3. The third-order valence-corrected chi connectivity index (χ3v) is 12.7. The number of hydrogen-bond acceptors (Lipinski definition) is 4. The first-order valence-corrected chi connectivity index (χ1v) is 16.0. The fourth-order valence-electron chi connectivity index (χ4n) is 11.8. The lowest BCUT2D eigenvalue weighted by Crippen LogP contribution is -2.65. The minimum Gasteiger partial charge on any atom is -0.346 e. The van der Waals surface area contributed by atoms with Gasteiger partial charge in [0, 0.05) is 24.2 Å². The molecule has 0 aromatic heterocycles. The summed E-state index contributed by atoms with van der Waals surface area (Å²) in [4.78, 5) is 17.2. The van der Waals surface area contributed by atoms with Crippen molar-refractivity contribution in [3.05, 3.63) is 0 Å². The summed E-state index contributed by atoms with van der Waals surface area (Å²) in [6, 6.07) is 0.874. The highest BCUT2D eigenvalue weighted by atomic mass is 15.4. The Balaban J connectivity index is 1.19. The van der Waals surface area contributed by atoms with E-state index in [2.05, 4.69) is 37.5 Å². The van der Waals surface area contributed by atoms with Gasteiger partial charge in [0.25, 0.3) is 0 Å². The number of aliphatic imine (C=N–C) groups is 2. The van der Waals surface area contributed by atoms with Crippen LogP contribution in [-0.4, -0.2) is 57.7 Å². The van der Waals surface area contributed by atoms with E-state index in [-0.39, 0.29) is 0 Å². The van der Waals surface area contributed by atoms with Crippen molar-refractivity contribution in [1.29, 1.82) is 0 Å². The zero-order valence-electron chi connectivity index (χ0n) is 23.5. The van der Waals surface area contributed by atoms with Crippen molar-refractivity contribution < 1.29 is 0 Å². The molecule has 0 unspecified atom stereocenters. The third-order valence-electron chi connectivity index (χ3n) is 12.7. The molecular weight excluding hydrogens is 440 g/mol. The van der Waals surface area contributed by atoms with Crippen LogP contribution in [-0.2, 0) is 0 Å². The fraction of sp³-hybridized carbons (Fsp3) is 0.938. The van der Waals surface area contributed by atoms with Crippen LogP contribution in [0.3, 0.4) is 0 Å². The van der Waals surface area contributed by atoms with E-state index in [1.54, 1.807) is 0 Å². The van der Waals surface area contributed by atoms with Crippen LogP contribution < -0.4 is 0 Å². The van der Waals surface area contributed by atoms with Crippen molar-refractivity contribution in [2.45, 2.75) is 128 Å². The highest BCUT2D eigenvalue weighted by molar-refractivity contribution is 6.41. The van der Waals surface area contributed by atoms with Gasteiger partial charge in [0.15, 0.2) is 11.7 Å². The Bertz CT molecular complexity index is 826. The summed E-state index contributed by atoms with van der Waals surface area (Å²) in [7, 11) is 0. The molecule has 0 aromatic carbocycles. The molecule has 4 nitrogen and oxygen atoms in total. The molecule has 4 heteroatoms. The Hall–Kier alpha value is -1.06. The van der Waals surface area contributed by atoms with Gasteiger partial charge in [-0.2, -0.15) is 0 Å². The van der Waals surface area contributed by atoms with Crippen molar-refractivity contribution in [2.75, 3.05) is 13.1 Å². The number of rotatable bonds is 5. The van der Waals surface area contributed by atoms with Crippen LogP contribution in [0.25, 0.3) is 0 Å². The number of hydrogen-bond donors (Lipinski definition) is 0. The molecule has 10 aliphatic rings. The summed E-state index contributed by atoms with van der Waals surface area (Å²) >= 11 is 0. The van der Waals surface area contributed by atoms with Crippen molar-refractivity contribution in [2.24, 2.45) is 57.3 Å². The van der Waals surface area contributed by atoms with Gasteiger partial charge < -0.3 is 9.80 Å². The summed E-state index contributed by atoms with van der Waals surface area (Å²) in [6.45, 7) is 11.9. The van der Waals surface area contributed by atoms with Crippen LogP contribution in [0.1, 0.15) is 105 Å². The van der Waals surface area contributed by atoms with Crippen LogP contribution in [0, 0.1) is 47.3 Å². The van der Waals surface area contributed by atoms with E-state index in [4.69, 9.17) is 9.98 Å². The van der Waals surface area contributed by atoms with Crippen molar-refractivity contribution in [1.82, 2.24) is 9.80 Å². The monoisotopic (exact) mass is 490 g/mol. The summed E-state index contributed by atoms with van der Waals surface area (Å²) in [5.41, 5.74) is 0.756. The molecule has 0 aromatic rings. The molecule has 8 saturated carbocycles. The predicted molar refractivity (Wildman–Crippen MR) is 147 cm³/mol. The second-order valence-electron chi connectivity index (χ2n) is 16.0. The molecule has 2 aliphatic heterocycles. The summed E-state index contributed by atoms with van der Waals surface area (Å²) < 4.78 is 0. The van der Waals surface area contributed by atoms with Crippen LogP contribution in [0.5, 0.6) is 0 Å². The van der Waals surface area contributed by atoms with E-state index in [1.807, 2.05) is 0 Å². The SMILES string of the molecule is CC(C)[C@H]1CN(C23CC4CC(CC(C4)C2)C3)C(C2=N[C@@H](C(C)C)CN2C23CC4CC(CC(C4)C2)C3)=N1. The zero-order valence-corrected chi connectivity index (χ0v) is 23.5. The van der Waals surface area contributed by atoms with Crippen LogP contribution >= 0.6 is 0 Å². The number of nitrogens with zero attached hydrogens (tertiary/aromatic N) is 4. The van der Waals surface area contributed by atoms with E-state index in [0.717, 1.165) is 48.6 Å². The second-order valence-corrected chi connectivity index (χ2v) is 16.0. The first-order valence-electron chi connectivity index (χ1n) is 16.0. The maximum Gasteiger partial charge on any atom is 0.167 e. The second kappa shape index (κ2) is 7.75. The van der Waals surface area contributed by atoms with Crippen LogP contribution in [0.2, 0.25) is 0 Å². The fourth-order valence-corrected chi connectivity index (χ4v) is 11.8. The average Bonchev–Trinajstić information content (AvgIpc) is 3.43. The minimum absolute atomic E-state index is 0.378. The Labute approximate surface area is 219 Å². The quantitative estimate of drug-likeness (QED) is 0.446. The Morgan fingerprint density at radius 3 is 1.06 bits per heavy atom. The van der Waals surface area contributed by atoms with E-state index in [1.165, 1.54) is 88.7 Å². The van der Waals surface area contributed by atoms with Gasteiger partial charge in [-0.1, -0.05) is 27.7 Å². The Morgan fingerprint density at radius 1 is 0.528 bits per heavy atom. The molecule has 198 valence electrons. The molecule has 0 radical (unpaired) electrons. The summed E-state index contributed by atoms with van der Waals surface area (Å²) in [5.74, 6) is 9.78. The van der Waals surface area contributed by atoms with Gasteiger partial charge in [-0.15, -0.1) is 0 Å². The van der Waals surface area contributed by atoms with Crippen molar-refractivity contribution in [3.8, 4) is 0 Å². The molecule has 0 spiro atoms. The molecule has 0 amide bonds. The topological polar surface area (TPSA) is 31.2 Å². The molecule has 10 rings (SSSR count). The summed E-state index contributed by atoms with van der Waals surface area (Å²) in [6.07, 6.45) is 17.7. The molecule has 0 N–H and O–H groups in total. The molecule has 8 aliphatic carbocycles. The van der Waals surface area contributed by atoms with Gasteiger partial charge in [0.05, 0.1) is 12.1 Å². The maximum absolute atomic E-state index is 5.65. The molecule has 8 bridgehead atoms. The maximum atomic E-state index is 5.65. The van der Waals surface area contributed by atoms with Gasteiger partial charge in [-0.3, -0.25) is 9.98 Å². The molecule has 36 heavy (non-hydrogen) atoms. The van der Waals surface area contributed by atoms with Gasteiger partial charge in [-0.05, 0) is 124 Å². The standard InChI is InChI=1S/C32H50N4/c1-19(2)27-17-35(31-11-21-5-22(12-31)7-23(6-21)13-31)29(33-27)30-34-28(20(3)4)18-36(30)32-14-24-8-25(15-32)10-26(9-24)16-32/h19-28H,5-18H2,1-4H3/t21?,22?,23?,24?,25?,26?,27-,28-,31?,32?/m1/s1. The van der Waals surface area contributed by atoms with Crippen molar-refractivity contribution in [3.63, 3.8) is 0 Å². The largest absolute Gasteiger partial charge is 0.346 e. The van der Waals surface area contributed by atoms with E-state index < -0.39 is 0 Å². The third kappa shape index (κ3) is 3.30. The van der Waals surface area contributed by atoms with E-state index >= 15 is 0 Å². The lowest BCUT2D eigenvalue weighted by molar-refractivity contribution is -0.0648. The Kier molecular flexibility index (Phi) is 4.92. The first kappa shape index (κ1) is 22.9. The van der Waals surface area contributed by atoms with Gasteiger partial charge in [-0.25, -0.2) is 0 Å². The van der Waals surface area contributed by atoms with E-state index in [9.17, 15) is 0 Å². The molecular formula is C32H50N4. The normalized spacial score (nSPS) is 50.7. The van der Waals surface area contributed by atoms with Crippen molar-refractivity contribution >= 4 is 11.7 Å². The lowest BCUT2D eigenvalue weighted by Gasteiger charge is -2.62. The highest BCUT2D eigenvalue weighted by Gasteiger charge is 2.59. The summed E-state index contributed by atoms with van der Waals surface area (Å²) in [5, 5.41) is 0. The predicted octanol–water partition coefficient (Wildman–Crippen LogP) is 6.40. The molecule has 0 saturated heterocycles. The number of amidine groups is 2. The average molecular weight is 491 g/mol. The minimum atomic E-state index is 0.378. The van der Waals surface area contributed by atoms with Crippen LogP contribution in [0.4, 0.5) is 0 Å². The Morgan fingerprint density at radius 2 is 0.806 bits per heavy atom. The van der Waals surface area contributed by atoms with Crippen LogP contribution in [0.15, 0.2) is 9.98 Å². The highest BCUT2D eigenvalue weighted by Crippen LogP contribution is 2.60. The zero-order chi connectivity index (χ0) is 24.4. The molecule has 2 heterocycles.